The lowest BCUT2D eigenvalue weighted by molar-refractivity contribution is 0.174. The third-order valence-corrected chi connectivity index (χ3v) is 4.32. The summed E-state index contributed by atoms with van der Waals surface area (Å²) in [6.07, 6.45) is 3.77. The Labute approximate surface area is 114 Å². The van der Waals surface area contributed by atoms with Gasteiger partial charge in [-0.25, -0.2) is 0 Å². The molecule has 1 aliphatic heterocycles. The minimum Gasteiger partial charge on any atom is -0.454 e. The van der Waals surface area contributed by atoms with Gasteiger partial charge in [0.2, 0.25) is 6.79 Å². The van der Waals surface area contributed by atoms with Gasteiger partial charge in [0.1, 0.15) is 0 Å². The van der Waals surface area contributed by atoms with Crippen molar-refractivity contribution in [2.75, 3.05) is 13.3 Å². The first-order valence-electron chi connectivity index (χ1n) is 7.13. The van der Waals surface area contributed by atoms with Gasteiger partial charge in [0.25, 0.3) is 0 Å². The Morgan fingerprint density at radius 3 is 3.00 bits per heavy atom. The van der Waals surface area contributed by atoms with Crippen molar-refractivity contribution in [3.8, 4) is 11.5 Å². The largest absolute Gasteiger partial charge is 0.454 e. The molecule has 0 aromatic heterocycles. The van der Waals surface area contributed by atoms with Crippen LogP contribution >= 0.6 is 0 Å². The number of benzene rings is 1. The second-order valence-corrected chi connectivity index (χ2v) is 5.53. The molecule has 1 aromatic carbocycles. The molecule has 3 N–H and O–H groups in total. The van der Waals surface area contributed by atoms with E-state index in [-0.39, 0.29) is 0 Å². The third kappa shape index (κ3) is 2.55. The molecule has 4 heteroatoms. The SMILES string of the molecule is CC(NC1CCCC1CN)c1ccc2c(c1)OCO2. The highest BCUT2D eigenvalue weighted by atomic mass is 16.7. The first kappa shape index (κ1) is 12.8. The quantitative estimate of drug-likeness (QED) is 0.873. The molecule has 1 heterocycles. The fraction of sp³-hybridized carbons (Fsp3) is 0.600. The molecule has 104 valence electrons. The fourth-order valence-electron chi connectivity index (χ4n) is 3.14. The molecule has 1 fully saturated rings. The van der Waals surface area contributed by atoms with Crippen LogP contribution in [0.25, 0.3) is 0 Å². The predicted molar refractivity (Wildman–Crippen MR) is 74.3 cm³/mol. The summed E-state index contributed by atoms with van der Waals surface area (Å²) in [6.45, 7) is 3.31. The minimum atomic E-state index is 0.312. The van der Waals surface area contributed by atoms with Crippen molar-refractivity contribution in [2.45, 2.75) is 38.3 Å². The Kier molecular flexibility index (Phi) is 3.62. The first-order valence-corrected chi connectivity index (χ1v) is 7.13. The van der Waals surface area contributed by atoms with Crippen LogP contribution in [0.15, 0.2) is 18.2 Å². The number of hydrogen-bond donors (Lipinski definition) is 2. The van der Waals surface area contributed by atoms with E-state index in [0.29, 0.717) is 24.8 Å². The lowest BCUT2D eigenvalue weighted by Crippen LogP contribution is -2.37. The van der Waals surface area contributed by atoms with Gasteiger partial charge >= 0.3 is 0 Å². The van der Waals surface area contributed by atoms with Crippen molar-refractivity contribution >= 4 is 0 Å². The molecule has 0 radical (unpaired) electrons. The van der Waals surface area contributed by atoms with E-state index in [4.69, 9.17) is 15.2 Å². The van der Waals surface area contributed by atoms with E-state index in [1.165, 1.54) is 24.8 Å². The summed E-state index contributed by atoms with van der Waals surface area (Å²) < 4.78 is 10.8. The number of hydrogen-bond acceptors (Lipinski definition) is 4. The average molecular weight is 262 g/mol. The Morgan fingerprint density at radius 1 is 1.32 bits per heavy atom. The maximum Gasteiger partial charge on any atom is 0.231 e. The summed E-state index contributed by atoms with van der Waals surface area (Å²) >= 11 is 0. The van der Waals surface area contributed by atoms with E-state index in [9.17, 15) is 0 Å². The van der Waals surface area contributed by atoms with Gasteiger partial charge in [-0.15, -0.1) is 0 Å². The number of rotatable bonds is 4. The molecule has 19 heavy (non-hydrogen) atoms. The molecule has 3 unspecified atom stereocenters. The summed E-state index contributed by atoms with van der Waals surface area (Å²) in [5.41, 5.74) is 7.08. The number of ether oxygens (including phenoxy) is 2. The minimum absolute atomic E-state index is 0.312. The second-order valence-electron chi connectivity index (χ2n) is 5.53. The zero-order chi connectivity index (χ0) is 13.2. The molecule has 0 saturated heterocycles. The molecule has 1 aromatic rings. The van der Waals surface area contributed by atoms with Gasteiger partial charge in [0.15, 0.2) is 11.5 Å². The molecular formula is C15H22N2O2. The van der Waals surface area contributed by atoms with Gasteiger partial charge in [0.05, 0.1) is 0 Å². The standard InChI is InChI=1S/C15H22N2O2/c1-10(17-13-4-2-3-12(13)8-16)11-5-6-14-15(7-11)19-9-18-14/h5-7,10,12-13,17H,2-4,8-9,16H2,1H3. The van der Waals surface area contributed by atoms with Crippen molar-refractivity contribution in [3.05, 3.63) is 23.8 Å². The average Bonchev–Trinajstić information content (AvgIpc) is 3.05. The van der Waals surface area contributed by atoms with Crippen molar-refractivity contribution in [3.63, 3.8) is 0 Å². The maximum absolute atomic E-state index is 5.84. The van der Waals surface area contributed by atoms with E-state index in [1.54, 1.807) is 0 Å². The van der Waals surface area contributed by atoms with E-state index >= 15 is 0 Å². The third-order valence-electron chi connectivity index (χ3n) is 4.32. The van der Waals surface area contributed by atoms with Crippen LogP contribution in [0.1, 0.15) is 37.8 Å². The summed E-state index contributed by atoms with van der Waals surface area (Å²) in [7, 11) is 0. The molecule has 1 saturated carbocycles. The molecule has 3 rings (SSSR count). The second kappa shape index (κ2) is 5.39. The van der Waals surface area contributed by atoms with Crippen molar-refractivity contribution in [1.29, 1.82) is 0 Å². The normalized spacial score (nSPS) is 26.6. The lowest BCUT2D eigenvalue weighted by Gasteiger charge is -2.24. The van der Waals surface area contributed by atoms with Crippen LogP contribution in [0.3, 0.4) is 0 Å². The first-order chi connectivity index (χ1) is 9.28. The number of fused-ring (bicyclic) bond motifs is 1. The van der Waals surface area contributed by atoms with E-state index in [2.05, 4.69) is 24.4 Å². The van der Waals surface area contributed by atoms with Gasteiger partial charge in [0, 0.05) is 12.1 Å². The predicted octanol–water partition coefficient (Wildman–Crippen LogP) is 2.19. The molecule has 0 spiro atoms. The maximum atomic E-state index is 5.84. The van der Waals surface area contributed by atoms with E-state index in [0.717, 1.165) is 18.0 Å². The Balaban J connectivity index is 1.68. The number of nitrogens with one attached hydrogen (secondary N) is 1. The molecule has 4 nitrogen and oxygen atoms in total. The van der Waals surface area contributed by atoms with E-state index < -0.39 is 0 Å². The Bertz CT molecular complexity index is 450. The van der Waals surface area contributed by atoms with Crippen LogP contribution < -0.4 is 20.5 Å². The van der Waals surface area contributed by atoms with Crippen molar-refractivity contribution < 1.29 is 9.47 Å². The molecular weight excluding hydrogens is 240 g/mol. The van der Waals surface area contributed by atoms with Crippen LogP contribution in [-0.4, -0.2) is 19.4 Å². The highest BCUT2D eigenvalue weighted by Crippen LogP contribution is 2.35. The van der Waals surface area contributed by atoms with Gasteiger partial charge in [-0.2, -0.15) is 0 Å². The zero-order valence-electron chi connectivity index (χ0n) is 11.4. The topological polar surface area (TPSA) is 56.5 Å². The van der Waals surface area contributed by atoms with Crippen molar-refractivity contribution in [1.82, 2.24) is 5.32 Å². The van der Waals surface area contributed by atoms with Gasteiger partial charge < -0.3 is 20.5 Å². The van der Waals surface area contributed by atoms with Crippen LogP contribution in [0, 0.1) is 5.92 Å². The monoisotopic (exact) mass is 262 g/mol. The van der Waals surface area contributed by atoms with Gasteiger partial charge in [-0.3, -0.25) is 0 Å². The van der Waals surface area contributed by atoms with Crippen LogP contribution in [0.2, 0.25) is 0 Å². The van der Waals surface area contributed by atoms with E-state index in [1.807, 2.05) is 6.07 Å². The number of nitrogens with two attached hydrogens (primary N) is 1. The van der Waals surface area contributed by atoms with Crippen LogP contribution in [0.5, 0.6) is 11.5 Å². The zero-order valence-corrected chi connectivity index (χ0v) is 11.4. The van der Waals surface area contributed by atoms with Crippen LogP contribution in [0.4, 0.5) is 0 Å². The highest BCUT2D eigenvalue weighted by Gasteiger charge is 2.27. The Hall–Kier alpha value is -1.26. The highest BCUT2D eigenvalue weighted by molar-refractivity contribution is 5.45. The van der Waals surface area contributed by atoms with Gasteiger partial charge in [-0.05, 0) is 49.9 Å². The molecule has 2 aliphatic rings. The van der Waals surface area contributed by atoms with Crippen molar-refractivity contribution in [2.24, 2.45) is 11.7 Å². The molecule has 1 aliphatic carbocycles. The summed E-state index contributed by atoms with van der Waals surface area (Å²) in [5.74, 6) is 2.32. The lowest BCUT2D eigenvalue weighted by atomic mass is 10.0. The molecule has 0 bridgehead atoms. The smallest absolute Gasteiger partial charge is 0.231 e. The van der Waals surface area contributed by atoms with Crippen LogP contribution in [-0.2, 0) is 0 Å². The summed E-state index contributed by atoms with van der Waals surface area (Å²) in [4.78, 5) is 0. The molecule has 3 atom stereocenters. The Morgan fingerprint density at radius 2 is 2.16 bits per heavy atom. The summed E-state index contributed by atoms with van der Waals surface area (Å²) in [5, 5.41) is 3.71. The fourth-order valence-corrected chi connectivity index (χ4v) is 3.14. The van der Waals surface area contributed by atoms with Gasteiger partial charge in [-0.1, -0.05) is 12.5 Å². The molecule has 0 amide bonds. The summed E-state index contributed by atoms with van der Waals surface area (Å²) in [6, 6.07) is 7.03.